The molecule has 3 rings (SSSR count). The third-order valence-electron chi connectivity index (χ3n) is 4.20. The van der Waals surface area contributed by atoms with Gasteiger partial charge in [-0.2, -0.15) is 5.10 Å². The van der Waals surface area contributed by atoms with Gasteiger partial charge < -0.3 is 14.8 Å². The lowest BCUT2D eigenvalue weighted by Gasteiger charge is -2.13. The molecule has 0 unspecified atom stereocenters. The molecule has 0 radical (unpaired) electrons. The van der Waals surface area contributed by atoms with Crippen LogP contribution in [0.15, 0.2) is 65.5 Å². The second-order valence-electron chi connectivity index (χ2n) is 5.94. The minimum absolute atomic E-state index is 0.227. The smallest absolute Gasteiger partial charge is 0.266 e. The lowest BCUT2D eigenvalue weighted by Crippen LogP contribution is -2.32. The lowest BCUT2D eigenvalue weighted by atomic mass is 10.1. The number of nitrogens with one attached hydrogen (secondary N) is 1. The quantitative estimate of drug-likeness (QED) is 0.681. The fraction of sp³-hybridized carbons (Fsp3) is 0.190. The summed E-state index contributed by atoms with van der Waals surface area (Å²) >= 11 is 0. The number of hydrogen-bond acceptors (Lipinski definition) is 5. The van der Waals surface area contributed by atoms with Gasteiger partial charge in [-0.05, 0) is 18.2 Å². The highest BCUT2D eigenvalue weighted by molar-refractivity contribution is 5.99. The molecule has 7 nitrogen and oxygen atoms in total. The largest absolute Gasteiger partial charge is 0.496 e. The molecule has 2 aromatic carbocycles. The number of ether oxygens (including phenoxy) is 2. The van der Waals surface area contributed by atoms with Crippen molar-refractivity contribution in [1.82, 2.24) is 15.1 Å². The molecular weight excluding hydrogens is 358 g/mol. The third kappa shape index (κ3) is 4.20. The van der Waals surface area contributed by atoms with Gasteiger partial charge in [0.15, 0.2) is 0 Å². The molecule has 0 saturated carbocycles. The van der Waals surface area contributed by atoms with Gasteiger partial charge in [0.25, 0.3) is 11.5 Å². The van der Waals surface area contributed by atoms with Crippen molar-refractivity contribution in [2.24, 2.45) is 0 Å². The predicted octanol–water partition coefficient (Wildman–Crippen LogP) is 2.36. The Morgan fingerprint density at radius 2 is 1.64 bits per heavy atom. The molecule has 3 aromatic rings. The Bertz CT molecular complexity index is 993. The molecule has 0 atom stereocenters. The van der Waals surface area contributed by atoms with Gasteiger partial charge in [0.05, 0.1) is 26.5 Å². The number of rotatable bonds is 7. The molecule has 0 spiro atoms. The van der Waals surface area contributed by atoms with E-state index >= 15 is 0 Å². The Labute approximate surface area is 162 Å². The van der Waals surface area contributed by atoms with Gasteiger partial charge in [0.2, 0.25) is 0 Å². The van der Waals surface area contributed by atoms with E-state index in [2.05, 4.69) is 10.4 Å². The second-order valence-corrected chi connectivity index (χ2v) is 5.94. The van der Waals surface area contributed by atoms with E-state index in [0.29, 0.717) is 22.8 Å². The van der Waals surface area contributed by atoms with Crippen LogP contribution < -0.4 is 20.3 Å². The van der Waals surface area contributed by atoms with E-state index in [4.69, 9.17) is 9.47 Å². The Hall–Kier alpha value is -3.61. The normalized spacial score (nSPS) is 10.4. The van der Waals surface area contributed by atoms with Crippen LogP contribution in [-0.2, 0) is 6.54 Å². The van der Waals surface area contributed by atoms with Crippen molar-refractivity contribution in [3.63, 3.8) is 0 Å². The first kappa shape index (κ1) is 19.2. The lowest BCUT2D eigenvalue weighted by molar-refractivity contribution is 0.0945. The summed E-state index contributed by atoms with van der Waals surface area (Å²) in [5.41, 5.74) is 1.69. The number of carbonyl (C=O) groups excluding carboxylic acids is 1. The van der Waals surface area contributed by atoms with Gasteiger partial charge >= 0.3 is 0 Å². The predicted molar refractivity (Wildman–Crippen MR) is 106 cm³/mol. The highest BCUT2D eigenvalue weighted by atomic mass is 16.5. The molecule has 0 aliphatic heterocycles. The molecule has 0 saturated heterocycles. The van der Waals surface area contributed by atoms with Gasteiger partial charge in [0, 0.05) is 18.2 Å². The molecule has 0 aliphatic carbocycles. The van der Waals surface area contributed by atoms with Crippen LogP contribution in [0.3, 0.4) is 0 Å². The second kappa shape index (κ2) is 8.85. The monoisotopic (exact) mass is 379 g/mol. The molecule has 1 aromatic heterocycles. The SMILES string of the molecule is COc1cccc(OC)c1C(=O)NCCn1nc(-c2ccccc2)ccc1=O. The molecule has 7 heteroatoms. The first-order valence-corrected chi connectivity index (χ1v) is 8.77. The fourth-order valence-electron chi connectivity index (χ4n) is 2.81. The van der Waals surface area contributed by atoms with Crippen LogP contribution in [0.25, 0.3) is 11.3 Å². The van der Waals surface area contributed by atoms with E-state index < -0.39 is 0 Å². The van der Waals surface area contributed by atoms with Gasteiger partial charge in [-0.25, -0.2) is 4.68 Å². The molecule has 1 heterocycles. The standard InChI is InChI=1S/C21H21N3O4/c1-27-17-9-6-10-18(28-2)20(17)21(26)22-13-14-24-19(25)12-11-16(23-24)15-7-4-3-5-8-15/h3-12H,13-14H2,1-2H3,(H,22,26). The maximum Gasteiger partial charge on any atom is 0.266 e. The van der Waals surface area contributed by atoms with E-state index in [0.717, 1.165) is 5.56 Å². The Morgan fingerprint density at radius 3 is 2.29 bits per heavy atom. The molecular formula is C21H21N3O4. The Kier molecular flexibility index (Phi) is 6.06. The highest BCUT2D eigenvalue weighted by Crippen LogP contribution is 2.27. The van der Waals surface area contributed by atoms with Crippen LogP contribution >= 0.6 is 0 Å². The van der Waals surface area contributed by atoms with Gasteiger partial charge in [-0.1, -0.05) is 36.4 Å². The summed E-state index contributed by atoms with van der Waals surface area (Å²) in [6.45, 7) is 0.466. The van der Waals surface area contributed by atoms with E-state index in [1.807, 2.05) is 30.3 Å². The molecule has 0 aliphatic rings. The summed E-state index contributed by atoms with van der Waals surface area (Å²) < 4.78 is 11.8. The van der Waals surface area contributed by atoms with Crippen molar-refractivity contribution in [2.75, 3.05) is 20.8 Å². The van der Waals surface area contributed by atoms with Gasteiger partial charge in [0.1, 0.15) is 17.1 Å². The Balaban J connectivity index is 1.72. The minimum Gasteiger partial charge on any atom is -0.496 e. The van der Waals surface area contributed by atoms with Crippen molar-refractivity contribution in [3.05, 3.63) is 76.6 Å². The maximum absolute atomic E-state index is 12.6. The van der Waals surface area contributed by atoms with Gasteiger partial charge in [-0.3, -0.25) is 9.59 Å². The number of carbonyl (C=O) groups is 1. The summed E-state index contributed by atoms with van der Waals surface area (Å²) in [5.74, 6) is 0.484. The number of benzene rings is 2. The van der Waals surface area contributed by atoms with Crippen molar-refractivity contribution in [3.8, 4) is 22.8 Å². The molecule has 144 valence electrons. The number of aromatic nitrogens is 2. The topological polar surface area (TPSA) is 82.4 Å². The summed E-state index contributed by atoms with van der Waals surface area (Å²) in [4.78, 5) is 24.7. The summed E-state index contributed by atoms with van der Waals surface area (Å²) in [6.07, 6.45) is 0. The number of nitrogens with zero attached hydrogens (tertiary/aromatic N) is 2. The fourth-order valence-corrected chi connectivity index (χ4v) is 2.81. The van der Waals surface area contributed by atoms with Crippen molar-refractivity contribution < 1.29 is 14.3 Å². The van der Waals surface area contributed by atoms with E-state index in [-0.39, 0.29) is 24.6 Å². The number of hydrogen-bond donors (Lipinski definition) is 1. The van der Waals surface area contributed by atoms with Crippen LogP contribution in [-0.4, -0.2) is 36.5 Å². The highest BCUT2D eigenvalue weighted by Gasteiger charge is 2.17. The molecule has 1 N–H and O–H groups in total. The molecule has 1 amide bonds. The van der Waals surface area contributed by atoms with Crippen LogP contribution in [0.2, 0.25) is 0 Å². The van der Waals surface area contributed by atoms with Crippen molar-refractivity contribution in [1.29, 1.82) is 0 Å². The van der Waals surface area contributed by atoms with Crippen LogP contribution in [0.1, 0.15) is 10.4 Å². The average molecular weight is 379 g/mol. The summed E-state index contributed by atoms with van der Waals surface area (Å²) in [6, 6.07) is 17.9. The van der Waals surface area contributed by atoms with Crippen LogP contribution in [0.5, 0.6) is 11.5 Å². The van der Waals surface area contributed by atoms with Gasteiger partial charge in [-0.15, -0.1) is 0 Å². The Morgan fingerprint density at radius 1 is 0.964 bits per heavy atom. The van der Waals surface area contributed by atoms with Crippen LogP contribution in [0.4, 0.5) is 0 Å². The molecule has 28 heavy (non-hydrogen) atoms. The zero-order valence-electron chi connectivity index (χ0n) is 15.7. The average Bonchev–Trinajstić information content (AvgIpc) is 2.74. The van der Waals surface area contributed by atoms with E-state index in [1.165, 1.54) is 25.0 Å². The molecule has 0 fully saturated rings. The first-order chi connectivity index (χ1) is 13.6. The van der Waals surface area contributed by atoms with E-state index in [9.17, 15) is 9.59 Å². The van der Waals surface area contributed by atoms with Crippen molar-refractivity contribution in [2.45, 2.75) is 6.54 Å². The van der Waals surface area contributed by atoms with Crippen molar-refractivity contribution >= 4 is 5.91 Å². The molecule has 0 bridgehead atoms. The zero-order valence-corrected chi connectivity index (χ0v) is 15.7. The third-order valence-corrected chi connectivity index (χ3v) is 4.20. The maximum atomic E-state index is 12.6. The zero-order chi connectivity index (χ0) is 19.9. The first-order valence-electron chi connectivity index (χ1n) is 8.77. The van der Waals surface area contributed by atoms with E-state index in [1.54, 1.807) is 24.3 Å². The van der Waals surface area contributed by atoms with Crippen LogP contribution in [0, 0.1) is 0 Å². The minimum atomic E-state index is -0.346. The summed E-state index contributed by atoms with van der Waals surface area (Å²) in [5, 5.41) is 7.17. The number of amides is 1. The summed E-state index contributed by atoms with van der Waals surface area (Å²) in [7, 11) is 2.98. The number of methoxy groups -OCH3 is 2.